The maximum atomic E-state index is 13.6. The highest BCUT2D eigenvalue weighted by Crippen LogP contribution is 2.34. The molecule has 30 heavy (non-hydrogen) atoms. The van der Waals surface area contributed by atoms with E-state index in [1.54, 1.807) is 0 Å². The summed E-state index contributed by atoms with van der Waals surface area (Å²) in [6.07, 6.45) is 0.718. The molecule has 0 saturated carbocycles. The van der Waals surface area contributed by atoms with Crippen LogP contribution in [0.5, 0.6) is 0 Å². The van der Waals surface area contributed by atoms with E-state index in [-0.39, 0.29) is 11.6 Å². The summed E-state index contributed by atoms with van der Waals surface area (Å²) >= 11 is 2.45. The number of hydrogen-bond donors (Lipinski definition) is 1. The van der Waals surface area contributed by atoms with Gasteiger partial charge in [-0.2, -0.15) is 0 Å². The summed E-state index contributed by atoms with van der Waals surface area (Å²) in [5.41, 5.74) is 0.966. The minimum atomic E-state index is -0.935. The molecule has 0 radical (unpaired) electrons. The molecule has 0 bridgehead atoms. The molecule has 0 aliphatic carbocycles. The van der Waals surface area contributed by atoms with Crippen molar-refractivity contribution in [2.24, 2.45) is 0 Å². The van der Waals surface area contributed by atoms with Crippen LogP contribution in [0.3, 0.4) is 0 Å². The maximum absolute atomic E-state index is 13.6. The molecule has 1 N–H and O–H groups in total. The Bertz CT molecular complexity index is 1020. The maximum Gasteiger partial charge on any atom is 0.280 e. The molecule has 0 fully saturated rings. The molecule has 2 heterocycles. The van der Waals surface area contributed by atoms with Gasteiger partial charge in [0.1, 0.15) is 5.82 Å². The number of thiophene rings is 1. The molecule has 6 nitrogen and oxygen atoms in total. The molecule has 2 aromatic heterocycles. The van der Waals surface area contributed by atoms with Crippen molar-refractivity contribution < 1.29 is 14.0 Å². The van der Waals surface area contributed by atoms with Gasteiger partial charge < -0.3 is 5.32 Å². The van der Waals surface area contributed by atoms with Crippen LogP contribution in [-0.2, 0) is 4.79 Å². The lowest BCUT2D eigenvalue weighted by Gasteiger charge is -2.34. The number of rotatable bonds is 7. The van der Waals surface area contributed by atoms with Crippen molar-refractivity contribution in [2.75, 3.05) is 4.90 Å². The van der Waals surface area contributed by atoms with Crippen LogP contribution in [0.25, 0.3) is 0 Å². The van der Waals surface area contributed by atoms with Gasteiger partial charge in [0, 0.05) is 21.5 Å². The number of hydrogen-bond acceptors (Lipinski definition) is 6. The van der Waals surface area contributed by atoms with Crippen LogP contribution in [0.2, 0.25) is 0 Å². The Balaban J connectivity index is 2.15. The second-order valence-corrected chi connectivity index (χ2v) is 9.10. The van der Waals surface area contributed by atoms with Gasteiger partial charge in [-0.05, 0) is 80.0 Å². The van der Waals surface area contributed by atoms with E-state index >= 15 is 0 Å². The number of carbonyl (C=O) groups excluding carboxylic acids is 2. The van der Waals surface area contributed by atoms with Gasteiger partial charge in [0.15, 0.2) is 11.7 Å². The number of amides is 2. The normalized spacial score (nSPS) is 12.4. The van der Waals surface area contributed by atoms with E-state index in [9.17, 15) is 14.0 Å². The van der Waals surface area contributed by atoms with Crippen LogP contribution < -0.4 is 10.2 Å². The minimum absolute atomic E-state index is 0.131. The quantitative estimate of drug-likeness (QED) is 0.569. The predicted molar refractivity (Wildman–Crippen MR) is 117 cm³/mol. The third-order valence-electron chi connectivity index (χ3n) is 4.90. The van der Waals surface area contributed by atoms with Gasteiger partial charge in [0.05, 0.1) is 0 Å². The molecule has 1 aromatic carbocycles. The standard InChI is InChI=1S/C21H23FN4O2S2/c1-5-21(3,4)23-19(27)17(18-13(2)10-11-29-18)26(15-8-6-14(22)7-9-15)20(28)16-12-30-25-24-16/h6-12,17H,5H2,1-4H3,(H,23,27)/t17-/m1/s1. The zero-order chi connectivity index (χ0) is 21.9. The summed E-state index contributed by atoms with van der Waals surface area (Å²) in [7, 11) is 0. The first-order chi connectivity index (χ1) is 14.2. The van der Waals surface area contributed by atoms with E-state index in [0.29, 0.717) is 5.69 Å². The predicted octanol–water partition coefficient (Wildman–Crippen LogP) is 4.74. The van der Waals surface area contributed by atoms with E-state index in [1.165, 1.54) is 45.9 Å². The molecule has 9 heteroatoms. The summed E-state index contributed by atoms with van der Waals surface area (Å²) < 4.78 is 17.4. The van der Waals surface area contributed by atoms with Crippen LogP contribution in [0.15, 0.2) is 41.1 Å². The zero-order valence-corrected chi connectivity index (χ0v) is 18.8. The third-order valence-corrected chi connectivity index (χ3v) is 6.48. The molecule has 3 aromatic rings. The number of nitrogens with one attached hydrogen (secondary N) is 1. The first-order valence-corrected chi connectivity index (χ1v) is 11.2. The van der Waals surface area contributed by atoms with Gasteiger partial charge >= 0.3 is 0 Å². The number of benzene rings is 1. The topological polar surface area (TPSA) is 75.2 Å². The second kappa shape index (κ2) is 9.01. The van der Waals surface area contributed by atoms with Gasteiger partial charge in [0.2, 0.25) is 5.91 Å². The average Bonchev–Trinajstić information content (AvgIpc) is 3.38. The summed E-state index contributed by atoms with van der Waals surface area (Å²) in [4.78, 5) is 29.1. The van der Waals surface area contributed by atoms with E-state index in [2.05, 4.69) is 14.9 Å². The van der Waals surface area contributed by atoms with Crippen LogP contribution in [0.1, 0.15) is 54.2 Å². The van der Waals surface area contributed by atoms with E-state index in [4.69, 9.17) is 0 Å². The van der Waals surface area contributed by atoms with Crippen molar-refractivity contribution in [3.8, 4) is 0 Å². The van der Waals surface area contributed by atoms with Crippen molar-refractivity contribution in [3.63, 3.8) is 0 Å². The summed E-state index contributed by atoms with van der Waals surface area (Å²) in [5, 5.41) is 10.4. The first kappa shape index (κ1) is 22.0. The Morgan fingerprint density at radius 3 is 2.47 bits per heavy atom. The highest BCUT2D eigenvalue weighted by molar-refractivity contribution is 7.10. The summed E-state index contributed by atoms with van der Waals surface area (Å²) in [6, 6.07) is 6.48. The monoisotopic (exact) mass is 446 g/mol. The number of aryl methyl sites for hydroxylation is 1. The number of aromatic nitrogens is 2. The molecular weight excluding hydrogens is 423 g/mol. The smallest absolute Gasteiger partial charge is 0.280 e. The van der Waals surface area contributed by atoms with Gasteiger partial charge in [-0.25, -0.2) is 4.39 Å². The van der Waals surface area contributed by atoms with Crippen molar-refractivity contribution in [3.05, 3.63) is 63.0 Å². The second-order valence-electron chi connectivity index (χ2n) is 7.54. The number of anilines is 1. The Morgan fingerprint density at radius 1 is 1.23 bits per heavy atom. The molecule has 0 saturated heterocycles. The largest absolute Gasteiger partial charge is 0.349 e. The van der Waals surface area contributed by atoms with Crippen molar-refractivity contribution >= 4 is 40.4 Å². The fourth-order valence-corrected chi connectivity index (χ4v) is 4.32. The summed E-state index contributed by atoms with van der Waals surface area (Å²) in [5.74, 6) is -1.22. The Kier molecular flexibility index (Phi) is 6.62. The van der Waals surface area contributed by atoms with E-state index in [0.717, 1.165) is 28.4 Å². The van der Waals surface area contributed by atoms with Gasteiger partial charge in [0.25, 0.3) is 5.91 Å². The highest BCUT2D eigenvalue weighted by Gasteiger charge is 2.37. The van der Waals surface area contributed by atoms with Gasteiger partial charge in [-0.1, -0.05) is 11.4 Å². The molecule has 0 spiro atoms. The van der Waals surface area contributed by atoms with Crippen LogP contribution in [0.4, 0.5) is 10.1 Å². The molecule has 1 atom stereocenters. The first-order valence-electron chi connectivity index (χ1n) is 9.45. The van der Waals surface area contributed by atoms with E-state index < -0.39 is 23.3 Å². The third kappa shape index (κ3) is 4.73. The lowest BCUT2D eigenvalue weighted by molar-refractivity contribution is -0.124. The number of carbonyl (C=O) groups is 2. The Labute approximate surface area is 182 Å². The van der Waals surface area contributed by atoms with Crippen molar-refractivity contribution in [1.82, 2.24) is 14.9 Å². The highest BCUT2D eigenvalue weighted by atomic mass is 32.1. The molecule has 158 valence electrons. The van der Waals surface area contributed by atoms with Crippen molar-refractivity contribution in [2.45, 2.75) is 45.7 Å². The molecular formula is C21H23FN4O2S2. The summed E-state index contributed by atoms with van der Waals surface area (Å²) in [6.45, 7) is 7.74. The van der Waals surface area contributed by atoms with Crippen LogP contribution in [-0.4, -0.2) is 26.9 Å². The van der Waals surface area contributed by atoms with Gasteiger partial charge in [-0.15, -0.1) is 16.4 Å². The molecule has 0 aliphatic heterocycles. The lowest BCUT2D eigenvalue weighted by Crippen LogP contribution is -2.50. The minimum Gasteiger partial charge on any atom is -0.349 e. The molecule has 0 aliphatic rings. The van der Waals surface area contributed by atoms with E-state index in [1.807, 2.05) is 39.1 Å². The molecule has 2 amide bonds. The lowest BCUT2D eigenvalue weighted by atomic mass is 10.00. The van der Waals surface area contributed by atoms with Gasteiger partial charge in [-0.3, -0.25) is 14.5 Å². The SMILES string of the molecule is CCC(C)(C)NC(=O)[C@@H](c1sccc1C)N(C(=O)c1csnn1)c1ccc(F)cc1. The Hall–Kier alpha value is -2.65. The van der Waals surface area contributed by atoms with Crippen molar-refractivity contribution in [1.29, 1.82) is 0 Å². The fourth-order valence-electron chi connectivity index (χ4n) is 2.87. The fraction of sp³-hybridized carbons (Fsp3) is 0.333. The zero-order valence-electron chi connectivity index (χ0n) is 17.2. The van der Waals surface area contributed by atoms with Crippen LogP contribution in [0, 0.1) is 12.7 Å². The Morgan fingerprint density at radius 2 is 1.93 bits per heavy atom. The molecule has 0 unspecified atom stereocenters. The molecule has 3 rings (SSSR count). The number of halogens is 1. The van der Waals surface area contributed by atoms with Crippen LogP contribution >= 0.6 is 22.9 Å². The average molecular weight is 447 g/mol. The number of nitrogens with zero attached hydrogens (tertiary/aromatic N) is 3.